The number of hydrogen-bond acceptors (Lipinski definition) is 4. The molecule has 0 spiro atoms. The number of amides is 1. The molecule has 0 saturated heterocycles. The van der Waals surface area contributed by atoms with Gasteiger partial charge in [-0.2, -0.15) is 0 Å². The van der Waals surface area contributed by atoms with Crippen LogP contribution in [0, 0.1) is 18.3 Å². The summed E-state index contributed by atoms with van der Waals surface area (Å²) in [4.78, 5) is 21.7. The van der Waals surface area contributed by atoms with Crippen molar-refractivity contribution in [1.29, 1.82) is 0 Å². The number of hydrogen-bond donors (Lipinski definition) is 3. The van der Waals surface area contributed by atoms with Crippen LogP contribution >= 0.6 is 11.3 Å². The Morgan fingerprint density at radius 1 is 1.31 bits per heavy atom. The third-order valence-electron chi connectivity index (χ3n) is 4.83. The van der Waals surface area contributed by atoms with Gasteiger partial charge in [-0.25, -0.2) is 4.98 Å². The Balaban J connectivity index is 1.78. The summed E-state index contributed by atoms with van der Waals surface area (Å²) in [6, 6.07) is 0. The predicted octanol–water partition coefficient (Wildman–Crippen LogP) is 2.95. The van der Waals surface area contributed by atoms with Gasteiger partial charge in [0.15, 0.2) is 5.96 Å². The maximum atomic E-state index is 12.1. The van der Waals surface area contributed by atoms with Crippen LogP contribution in [0.2, 0.25) is 0 Å². The van der Waals surface area contributed by atoms with E-state index in [4.69, 9.17) is 4.99 Å². The summed E-state index contributed by atoms with van der Waals surface area (Å²) in [6.07, 6.45) is 5.16. The average Bonchev–Trinajstić information content (AvgIpc) is 2.99. The Kier molecular flexibility index (Phi) is 7.87. The highest BCUT2D eigenvalue weighted by Gasteiger charge is 2.37. The number of nitrogens with zero attached hydrogens (tertiary/aromatic N) is 2. The lowest BCUT2D eigenvalue weighted by Gasteiger charge is -2.42. The molecule has 6 nitrogen and oxygen atoms in total. The first-order chi connectivity index (χ1) is 12.5. The highest BCUT2D eigenvalue weighted by Crippen LogP contribution is 2.46. The van der Waals surface area contributed by atoms with Crippen LogP contribution in [0.4, 0.5) is 0 Å². The molecule has 0 radical (unpaired) electrons. The molecule has 26 heavy (non-hydrogen) atoms. The molecule has 1 fully saturated rings. The van der Waals surface area contributed by atoms with Crippen molar-refractivity contribution in [1.82, 2.24) is 20.9 Å². The second-order valence-corrected chi connectivity index (χ2v) is 8.45. The number of rotatable bonds is 9. The molecule has 0 unspecified atom stereocenters. The normalized spacial score (nSPS) is 16.3. The van der Waals surface area contributed by atoms with Gasteiger partial charge in [0, 0.05) is 26.2 Å². The van der Waals surface area contributed by atoms with Gasteiger partial charge >= 0.3 is 0 Å². The van der Waals surface area contributed by atoms with Crippen LogP contribution in [0.25, 0.3) is 0 Å². The predicted molar refractivity (Wildman–Crippen MR) is 109 cm³/mol. The van der Waals surface area contributed by atoms with Crippen molar-refractivity contribution in [3.8, 4) is 0 Å². The average molecular weight is 380 g/mol. The molecular weight excluding hydrogens is 346 g/mol. The zero-order valence-electron chi connectivity index (χ0n) is 16.5. The van der Waals surface area contributed by atoms with E-state index in [0.29, 0.717) is 29.3 Å². The van der Waals surface area contributed by atoms with Crippen molar-refractivity contribution in [3.05, 3.63) is 16.1 Å². The fraction of sp³-hybridized carbons (Fsp3) is 0.737. The zero-order valence-corrected chi connectivity index (χ0v) is 17.3. The number of carbonyl (C=O) groups is 1. The van der Waals surface area contributed by atoms with Crippen LogP contribution in [0.1, 0.15) is 61.8 Å². The van der Waals surface area contributed by atoms with E-state index in [0.717, 1.165) is 24.7 Å². The van der Waals surface area contributed by atoms with E-state index < -0.39 is 0 Å². The fourth-order valence-electron chi connectivity index (χ4n) is 3.52. The molecule has 7 heteroatoms. The van der Waals surface area contributed by atoms with Gasteiger partial charge in [0.1, 0.15) is 4.88 Å². The van der Waals surface area contributed by atoms with E-state index in [2.05, 4.69) is 41.7 Å². The zero-order chi connectivity index (χ0) is 19.0. The number of nitrogens with one attached hydrogen (secondary N) is 3. The molecule has 1 aliphatic rings. The lowest BCUT2D eigenvalue weighted by molar-refractivity contribution is 0.0957. The van der Waals surface area contributed by atoms with Crippen LogP contribution in [0.15, 0.2) is 10.5 Å². The lowest BCUT2D eigenvalue weighted by Crippen LogP contribution is -2.43. The molecule has 1 aromatic heterocycles. The summed E-state index contributed by atoms with van der Waals surface area (Å²) < 4.78 is 0. The van der Waals surface area contributed by atoms with E-state index >= 15 is 0 Å². The van der Waals surface area contributed by atoms with Gasteiger partial charge in [-0.3, -0.25) is 9.79 Å². The van der Waals surface area contributed by atoms with Gasteiger partial charge in [0.2, 0.25) is 0 Å². The maximum absolute atomic E-state index is 12.1. The second kappa shape index (κ2) is 9.90. The summed E-state index contributed by atoms with van der Waals surface area (Å²) >= 11 is 1.37. The first-order valence-electron chi connectivity index (χ1n) is 9.66. The number of thiazole rings is 1. The molecule has 1 heterocycles. The molecule has 0 atom stereocenters. The lowest BCUT2D eigenvalue weighted by atomic mass is 9.64. The van der Waals surface area contributed by atoms with Crippen LogP contribution in [0.5, 0.6) is 0 Å². The minimum absolute atomic E-state index is 0.0564. The smallest absolute Gasteiger partial charge is 0.263 e. The number of aryl methyl sites for hydroxylation is 1. The van der Waals surface area contributed by atoms with Gasteiger partial charge in [-0.1, -0.05) is 20.3 Å². The van der Waals surface area contributed by atoms with E-state index in [1.165, 1.54) is 37.0 Å². The van der Waals surface area contributed by atoms with Crippen LogP contribution in [0.3, 0.4) is 0 Å². The molecular formula is C19H33N5OS. The number of guanidine groups is 1. The molecule has 0 aromatic carbocycles. The molecule has 0 aliphatic heterocycles. The van der Waals surface area contributed by atoms with Crippen molar-refractivity contribution in [2.24, 2.45) is 16.3 Å². The molecule has 0 bridgehead atoms. The summed E-state index contributed by atoms with van der Waals surface area (Å²) in [5.74, 6) is 1.50. The van der Waals surface area contributed by atoms with Gasteiger partial charge in [-0.05, 0) is 44.4 Å². The third-order valence-corrected chi connectivity index (χ3v) is 5.75. The Bertz CT molecular complexity index is 607. The van der Waals surface area contributed by atoms with Crippen molar-refractivity contribution < 1.29 is 4.79 Å². The molecule has 1 saturated carbocycles. The van der Waals surface area contributed by atoms with Gasteiger partial charge in [-0.15, -0.1) is 11.3 Å². The molecule has 3 N–H and O–H groups in total. The standard InChI is InChI=1S/C19H33N5OS/c1-5-20-18(23-12-19(7-6-8-19)11-14(2)3)22-10-9-21-17(25)16-15(4)24-13-26-16/h13-14H,5-12H2,1-4H3,(H,21,25)(H2,20,22,23). The minimum Gasteiger partial charge on any atom is -0.357 e. The topological polar surface area (TPSA) is 78.4 Å². The summed E-state index contributed by atoms with van der Waals surface area (Å²) in [5, 5.41) is 9.55. The highest BCUT2D eigenvalue weighted by molar-refractivity contribution is 7.11. The summed E-state index contributed by atoms with van der Waals surface area (Å²) in [5.41, 5.74) is 2.88. The van der Waals surface area contributed by atoms with Crippen LogP contribution in [-0.4, -0.2) is 43.0 Å². The second-order valence-electron chi connectivity index (χ2n) is 7.60. The quantitative estimate of drug-likeness (QED) is 0.350. The highest BCUT2D eigenvalue weighted by atomic mass is 32.1. The molecule has 1 aromatic rings. The monoisotopic (exact) mass is 379 g/mol. The van der Waals surface area contributed by atoms with Crippen molar-refractivity contribution in [2.45, 2.75) is 53.4 Å². The van der Waals surface area contributed by atoms with Gasteiger partial charge in [0.25, 0.3) is 5.91 Å². The van der Waals surface area contributed by atoms with Gasteiger partial charge in [0.05, 0.1) is 11.2 Å². The third kappa shape index (κ3) is 5.97. The number of aromatic nitrogens is 1. The SMILES string of the molecule is CCNC(=NCC1(CC(C)C)CCC1)NCCNC(=O)c1scnc1C. The van der Waals surface area contributed by atoms with Crippen molar-refractivity contribution in [3.63, 3.8) is 0 Å². The molecule has 2 rings (SSSR count). The molecule has 1 amide bonds. The first-order valence-corrected chi connectivity index (χ1v) is 10.5. The Morgan fingerprint density at radius 3 is 2.58 bits per heavy atom. The first kappa shape index (κ1) is 20.7. The minimum atomic E-state index is -0.0564. The number of carbonyl (C=O) groups excluding carboxylic acids is 1. The van der Waals surface area contributed by atoms with Crippen molar-refractivity contribution >= 4 is 23.2 Å². The summed E-state index contributed by atoms with van der Waals surface area (Å²) in [6.45, 7) is 11.4. The van der Waals surface area contributed by atoms with E-state index in [-0.39, 0.29) is 5.91 Å². The van der Waals surface area contributed by atoms with E-state index in [9.17, 15) is 4.79 Å². The summed E-state index contributed by atoms with van der Waals surface area (Å²) in [7, 11) is 0. The molecule has 146 valence electrons. The Morgan fingerprint density at radius 2 is 2.04 bits per heavy atom. The largest absolute Gasteiger partial charge is 0.357 e. The molecule has 1 aliphatic carbocycles. The van der Waals surface area contributed by atoms with E-state index in [1.54, 1.807) is 5.51 Å². The fourth-order valence-corrected chi connectivity index (χ4v) is 4.23. The Hall–Kier alpha value is -1.63. The maximum Gasteiger partial charge on any atom is 0.263 e. The van der Waals surface area contributed by atoms with E-state index in [1.807, 2.05) is 6.92 Å². The van der Waals surface area contributed by atoms with Crippen molar-refractivity contribution in [2.75, 3.05) is 26.2 Å². The van der Waals surface area contributed by atoms with Gasteiger partial charge < -0.3 is 16.0 Å². The Labute approximate surface area is 161 Å². The van der Waals surface area contributed by atoms with Crippen LogP contribution in [-0.2, 0) is 0 Å². The van der Waals surface area contributed by atoms with Crippen LogP contribution < -0.4 is 16.0 Å². The number of aliphatic imine (C=N–C) groups is 1.